The summed E-state index contributed by atoms with van der Waals surface area (Å²) in [5.41, 5.74) is -0.785. The molecule has 112 valence electrons. The van der Waals surface area contributed by atoms with Gasteiger partial charge in [-0.2, -0.15) is 13.2 Å². The van der Waals surface area contributed by atoms with Gasteiger partial charge >= 0.3 is 6.18 Å². The molecule has 0 bridgehead atoms. The third kappa shape index (κ3) is 3.72. The number of hydrogen-bond acceptors (Lipinski definition) is 1. The predicted octanol–water partition coefficient (Wildman–Crippen LogP) is 4.51. The van der Waals surface area contributed by atoms with Crippen LogP contribution < -0.4 is 5.32 Å². The van der Waals surface area contributed by atoms with E-state index in [2.05, 4.69) is 5.32 Å². The van der Waals surface area contributed by atoms with Gasteiger partial charge in [0.1, 0.15) is 5.82 Å². The van der Waals surface area contributed by atoms with Gasteiger partial charge < -0.3 is 5.32 Å². The zero-order valence-corrected chi connectivity index (χ0v) is 11.4. The minimum absolute atomic E-state index is 0.101. The van der Waals surface area contributed by atoms with Crippen molar-refractivity contribution in [3.63, 3.8) is 0 Å². The average molecular weight is 289 g/mol. The molecule has 20 heavy (non-hydrogen) atoms. The molecule has 0 radical (unpaired) electrons. The van der Waals surface area contributed by atoms with E-state index in [1.807, 2.05) is 6.92 Å². The van der Waals surface area contributed by atoms with Crippen molar-refractivity contribution in [2.24, 2.45) is 5.92 Å². The summed E-state index contributed by atoms with van der Waals surface area (Å²) in [7, 11) is 0. The number of benzene rings is 1. The van der Waals surface area contributed by atoms with Gasteiger partial charge in [0.15, 0.2) is 0 Å². The normalized spacial score (nSPS) is 18.4. The Labute approximate surface area is 116 Å². The lowest BCUT2D eigenvalue weighted by Crippen LogP contribution is -2.32. The van der Waals surface area contributed by atoms with Gasteiger partial charge in [-0.25, -0.2) is 4.39 Å². The van der Waals surface area contributed by atoms with Gasteiger partial charge in [-0.15, -0.1) is 0 Å². The molecule has 0 amide bonds. The minimum Gasteiger partial charge on any atom is -0.310 e. The maximum atomic E-state index is 13.0. The van der Waals surface area contributed by atoms with Gasteiger partial charge in [-0.1, -0.05) is 18.9 Å². The van der Waals surface area contributed by atoms with Crippen LogP contribution in [-0.4, -0.2) is 6.04 Å². The summed E-state index contributed by atoms with van der Waals surface area (Å²) in [5.74, 6) is -0.324. The molecule has 1 aliphatic rings. The number of rotatable bonds is 4. The van der Waals surface area contributed by atoms with Crippen LogP contribution in [0.25, 0.3) is 0 Å². The zero-order valence-electron chi connectivity index (χ0n) is 11.4. The topological polar surface area (TPSA) is 12.0 Å². The molecule has 0 saturated heterocycles. The maximum absolute atomic E-state index is 13.0. The first-order valence-electron chi connectivity index (χ1n) is 6.97. The van der Waals surface area contributed by atoms with Crippen molar-refractivity contribution < 1.29 is 17.6 Å². The van der Waals surface area contributed by atoms with Crippen molar-refractivity contribution in [1.82, 2.24) is 5.32 Å². The minimum atomic E-state index is -4.52. The molecule has 1 aromatic rings. The molecule has 0 unspecified atom stereocenters. The van der Waals surface area contributed by atoms with Gasteiger partial charge in [0.05, 0.1) is 5.56 Å². The van der Waals surface area contributed by atoms with Crippen LogP contribution in [0.2, 0.25) is 0 Å². The number of alkyl halides is 3. The first kappa shape index (κ1) is 15.3. The van der Waals surface area contributed by atoms with E-state index in [-0.39, 0.29) is 18.2 Å². The van der Waals surface area contributed by atoms with Crippen LogP contribution in [0.4, 0.5) is 17.6 Å². The molecule has 1 nitrogen and oxygen atoms in total. The van der Waals surface area contributed by atoms with Gasteiger partial charge in [0.25, 0.3) is 0 Å². The predicted molar refractivity (Wildman–Crippen MR) is 69.7 cm³/mol. The van der Waals surface area contributed by atoms with Crippen molar-refractivity contribution in [3.8, 4) is 0 Å². The molecule has 0 aromatic heterocycles. The van der Waals surface area contributed by atoms with E-state index in [0.717, 1.165) is 18.9 Å². The van der Waals surface area contributed by atoms with Gasteiger partial charge in [0.2, 0.25) is 0 Å². The van der Waals surface area contributed by atoms with Gasteiger partial charge in [-0.3, -0.25) is 0 Å². The highest BCUT2D eigenvalue weighted by Gasteiger charge is 2.33. The van der Waals surface area contributed by atoms with E-state index in [4.69, 9.17) is 0 Å². The fourth-order valence-corrected chi connectivity index (χ4v) is 2.86. The number of halogens is 4. The van der Waals surface area contributed by atoms with Crippen LogP contribution >= 0.6 is 0 Å². The Morgan fingerprint density at radius 2 is 1.90 bits per heavy atom. The summed E-state index contributed by atoms with van der Waals surface area (Å²) in [6, 6.07) is 3.04. The third-order valence-electron chi connectivity index (χ3n) is 4.10. The molecular formula is C15H19F4N. The molecule has 1 saturated carbocycles. The maximum Gasteiger partial charge on any atom is 0.416 e. The second kappa shape index (κ2) is 6.12. The molecule has 0 heterocycles. The van der Waals surface area contributed by atoms with E-state index < -0.39 is 17.6 Å². The van der Waals surface area contributed by atoms with Crippen LogP contribution in [0.3, 0.4) is 0 Å². The van der Waals surface area contributed by atoms with Gasteiger partial charge in [0, 0.05) is 12.6 Å². The second-order valence-electron chi connectivity index (χ2n) is 5.51. The van der Waals surface area contributed by atoms with Crippen molar-refractivity contribution in [1.29, 1.82) is 0 Å². The third-order valence-corrected chi connectivity index (χ3v) is 4.10. The Morgan fingerprint density at radius 1 is 1.25 bits per heavy atom. The largest absolute Gasteiger partial charge is 0.416 e. The molecule has 1 N–H and O–H groups in total. The van der Waals surface area contributed by atoms with E-state index in [0.29, 0.717) is 12.0 Å². The van der Waals surface area contributed by atoms with Crippen molar-refractivity contribution >= 4 is 0 Å². The van der Waals surface area contributed by atoms with E-state index in [9.17, 15) is 17.6 Å². The summed E-state index contributed by atoms with van der Waals surface area (Å²) in [6.45, 7) is 2.12. The van der Waals surface area contributed by atoms with Crippen molar-refractivity contribution in [3.05, 3.63) is 35.1 Å². The Hall–Kier alpha value is -1.10. The Kier molecular flexibility index (Phi) is 4.68. The first-order valence-corrected chi connectivity index (χ1v) is 6.97. The highest BCUT2D eigenvalue weighted by atomic mass is 19.4. The smallest absolute Gasteiger partial charge is 0.310 e. The second-order valence-corrected chi connectivity index (χ2v) is 5.51. The summed E-state index contributed by atoms with van der Waals surface area (Å²) in [5, 5.41) is 3.15. The van der Waals surface area contributed by atoms with Crippen LogP contribution in [0, 0.1) is 11.7 Å². The summed E-state index contributed by atoms with van der Waals surface area (Å²) in [6.07, 6.45) is 0.130. The van der Waals surface area contributed by atoms with E-state index in [1.165, 1.54) is 18.9 Å². The lowest BCUT2D eigenvalue weighted by Gasteiger charge is -2.21. The molecule has 0 spiro atoms. The van der Waals surface area contributed by atoms with E-state index >= 15 is 0 Å². The fourth-order valence-electron chi connectivity index (χ4n) is 2.86. The average Bonchev–Trinajstić information content (AvgIpc) is 2.89. The lowest BCUT2D eigenvalue weighted by molar-refractivity contribution is -0.138. The monoisotopic (exact) mass is 289 g/mol. The summed E-state index contributed by atoms with van der Waals surface area (Å²) < 4.78 is 51.6. The van der Waals surface area contributed by atoms with E-state index in [1.54, 1.807) is 0 Å². The summed E-state index contributed by atoms with van der Waals surface area (Å²) in [4.78, 5) is 0. The molecule has 1 aromatic carbocycles. The SMILES string of the molecule is C[C@@H](NCc1ccc(F)cc1C(F)(F)F)C1CCCC1. The quantitative estimate of drug-likeness (QED) is 0.804. The Bertz CT molecular complexity index is 450. The summed E-state index contributed by atoms with van der Waals surface area (Å²) >= 11 is 0. The van der Waals surface area contributed by atoms with Crippen LogP contribution in [0.15, 0.2) is 18.2 Å². The van der Waals surface area contributed by atoms with Crippen LogP contribution in [0.5, 0.6) is 0 Å². The van der Waals surface area contributed by atoms with Gasteiger partial charge in [-0.05, 0) is 43.4 Å². The number of nitrogens with one attached hydrogen (secondary N) is 1. The molecular weight excluding hydrogens is 270 g/mol. The fraction of sp³-hybridized carbons (Fsp3) is 0.600. The molecule has 1 fully saturated rings. The molecule has 5 heteroatoms. The lowest BCUT2D eigenvalue weighted by atomic mass is 9.99. The molecule has 1 aliphatic carbocycles. The molecule has 1 atom stereocenters. The van der Waals surface area contributed by atoms with Crippen molar-refractivity contribution in [2.45, 2.75) is 51.4 Å². The molecule has 2 rings (SSSR count). The standard InChI is InChI=1S/C15H19F4N/c1-10(11-4-2-3-5-11)20-9-12-6-7-13(16)8-14(12)15(17,18)19/h6-8,10-11,20H,2-5,9H2,1H3/t10-/m1/s1. The first-order chi connectivity index (χ1) is 9.38. The van der Waals surface area contributed by atoms with Crippen molar-refractivity contribution in [2.75, 3.05) is 0 Å². The zero-order chi connectivity index (χ0) is 14.8. The molecule has 0 aliphatic heterocycles. The van der Waals surface area contributed by atoms with Crippen LogP contribution in [0.1, 0.15) is 43.7 Å². The number of hydrogen-bond donors (Lipinski definition) is 1. The highest BCUT2D eigenvalue weighted by molar-refractivity contribution is 5.30. The van der Waals surface area contributed by atoms with Crippen LogP contribution in [-0.2, 0) is 12.7 Å². The Morgan fingerprint density at radius 3 is 2.50 bits per heavy atom. The highest BCUT2D eigenvalue weighted by Crippen LogP contribution is 2.33. The Balaban J connectivity index is 2.05.